The molecule has 1 heterocycles. The van der Waals surface area contributed by atoms with Crippen LogP contribution in [-0.2, 0) is 4.74 Å². The highest BCUT2D eigenvalue weighted by atomic mass is 32.2. The number of nitrogens with zero attached hydrogens (tertiary/aromatic N) is 1. The molecule has 0 fully saturated rings. The second-order valence-corrected chi connectivity index (χ2v) is 5.90. The highest BCUT2D eigenvalue weighted by Gasteiger charge is 2.30. The van der Waals surface area contributed by atoms with Crippen molar-refractivity contribution >= 4 is 17.7 Å². The number of alkyl halides is 2. The average Bonchev–Trinajstić information content (AvgIpc) is 2.76. The lowest BCUT2D eigenvalue weighted by Gasteiger charge is -2.15. The first-order chi connectivity index (χ1) is 9.39. The molecule has 1 aliphatic rings. The summed E-state index contributed by atoms with van der Waals surface area (Å²) in [6.07, 6.45) is -0.794. The molecule has 0 atom stereocenters. The zero-order valence-electron chi connectivity index (χ0n) is 11.9. The summed E-state index contributed by atoms with van der Waals surface area (Å²) in [6, 6.07) is 2.99. The van der Waals surface area contributed by atoms with Crippen molar-refractivity contribution in [2.75, 3.05) is 20.0 Å². The smallest absolute Gasteiger partial charge is 0.265 e. The van der Waals surface area contributed by atoms with Gasteiger partial charge in [0.2, 0.25) is 5.90 Å². The molecule has 0 unspecified atom stereocenters. The fourth-order valence-electron chi connectivity index (χ4n) is 2.05. The Morgan fingerprint density at radius 2 is 2.10 bits per heavy atom. The van der Waals surface area contributed by atoms with E-state index in [1.807, 2.05) is 13.8 Å². The van der Waals surface area contributed by atoms with E-state index in [1.54, 1.807) is 12.3 Å². The third kappa shape index (κ3) is 2.75. The van der Waals surface area contributed by atoms with E-state index in [9.17, 15) is 8.78 Å². The number of benzene rings is 1. The second kappa shape index (κ2) is 5.60. The molecule has 0 aliphatic carbocycles. The molecule has 3 nitrogen and oxygen atoms in total. The number of ether oxygens (including phenoxy) is 2. The molecule has 1 aromatic rings. The van der Waals surface area contributed by atoms with Gasteiger partial charge in [-0.3, -0.25) is 0 Å². The van der Waals surface area contributed by atoms with Crippen LogP contribution in [0.2, 0.25) is 0 Å². The summed E-state index contributed by atoms with van der Waals surface area (Å²) >= 11 is 1.23. The molecule has 20 heavy (non-hydrogen) atoms. The summed E-state index contributed by atoms with van der Waals surface area (Å²) < 4.78 is 37.0. The van der Waals surface area contributed by atoms with Crippen molar-refractivity contribution < 1.29 is 18.3 Å². The van der Waals surface area contributed by atoms with Crippen LogP contribution in [-0.4, -0.2) is 31.4 Å². The normalized spacial score (nSPS) is 17.1. The largest absolute Gasteiger partial charge is 0.495 e. The molecule has 110 valence electrons. The van der Waals surface area contributed by atoms with E-state index >= 15 is 0 Å². The van der Waals surface area contributed by atoms with Gasteiger partial charge in [0, 0.05) is 5.56 Å². The molecule has 0 saturated carbocycles. The predicted molar refractivity (Wildman–Crippen MR) is 76.3 cm³/mol. The van der Waals surface area contributed by atoms with Crippen molar-refractivity contribution in [3.05, 3.63) is 23.3 Å². The Bertz CT molecular complexity index is 544. The van der Waals surface area contributed by atoms with Gasteiger partial charge in [0.25, 0.3) is 6.43 Å². The van der Waals surface area contributed by atoms with Crippen LogP contribution in [0.1, 0.15) is 31.4 Å². The summed E-state index contributed by atoms with van der Waals surface area (Å²) in [5.41, 5.74) is 0.282. The van der Waals surface area contributed by atoms with E-state index in [0.29, 0.717) is 28.7 Å². The number of rotatable bonds is 4. The van der Waals surface area contributed by atoms with E-state index in [0.717, 1.165) is 0 Å². The maximum Gasteiger partial charge on any atom is 0.265 e. The van der Waals surface area contributed by atoms with Crippen molar-refractivity contribution in [2.24, 2.45) is 4.99 Å². The lowest BCUT2D eigenvalue weighted by Crippen LogP contribution is -2.17. The summed E-state index contributed by atoms with van der Waals surface area (Å²) in [7, 11) is 1.47. The van der Waals surface area contributed by atoms with Crippen LogP contribution < -0.4 is 4.74 Å². The first-order valence-electron chi connectivity index (χ1n) is 6.15. The number of hydrogen-bond donors (Lipinski definition) is 0. The quantitative estimate of drug-likeness (QED) is 0.790. The van der Waals surface area contributed by atoms with Crippen molar-refractivity contribution in [1.29, 1.82) is 0 Å². The van der Waals surface area contributed by atoms with Crippen LogP contribution in [0, 0.1) is 0 Å². The van der Waals surface area contributed by atoms with E-state index in [2.05, 4.69) is 4.99 Å². The average molecular weight is 301 g/mol. The van der Waals surface area contributed by atoms with Gasteiger partial charge in [0.15, 0.2) is 0 Å². The Labute approximate surface area is 121 Å². The molecular weight excluding hydrogens is 284 g/mol. The minimum atomic E-state index is -2.54. The predicted octanol–water partition coefficient (Wildman–Crippen LogP) is 3.91. The maximum atomic E-state index is 13.0. The van der Waals surface area contributed by atoms with Crippen molar-refractivity contribution in [3.8, 4) is 5.75 Å². The minimum Gasteiger partial charge on any atom is -0.495 e. The number of thioether (sulfide) groups is 1. The van der Waals surface area contributed by atoms with Crippen LogP contribution in [0.4, 0.5) is 8.78 Å². The molecule has 0 aromatic heterocycles. The number of methoxy groups -OCH3 is 1. The van der Waals surface area contributed by atoms with Crippen LogP contribution in [0.15, 0.2) is 22.0 Å². The fourth-order valence-corrected chi connectivity index (χ4v) is 2.83. The molecular formula is C14H17F2NO2S. The van der Waals surface area contributed by atoms with Crippen molar-refractivity contribution in [2.45, 2.75) is 30.7 Å². The third-order valence-corrected chi connectivity index (χ3v) is 3.81. The van der Waals surface area contributed by atoms with Gasteiger partial charge < -0.3 is 9.47 Å². The lowest BCUT2D eigenvalue weighted by molar-refractivity contribution is 0.147. The van der Waals surface area contributed by atoms with Gasteiger partial charge in [-0.15, -0.1) is 11.8 Å². The fraction of sp³-hybridized carbons (Fsp3) is 0.500. The topological polar surface area (TPSA) is 30.8 Å². The zero-order valence-corrected chi connectivity index (χ0v) is 12.7. The van der Waals surface area contributed by atoms with Crippen LogP contribution in [0.5, 0.6) is 5.75 Å². The molecule has 0 radical (unpaired) electrons. The molecule has 0 N–H and O–H groups in total. The van der Waals surface area contributed by atoms with Crippen molar-refractivity contribution in [1.82, 2.24) is 0 Å². The highest BCUT2D eigenvalue weighted by Crippen LogP contribution is 2.40. The molecule has 2 rings (SSSR count). The van der Waals surface area contributed by atoms with E-state index < -0.39 is 6.43 Å². The molecule has 0 saturated heterocycles. The van der Waals surface area contributed by atoms with Gasteiger partial charge in [0.05, 0.1) is 23.1 Å². The number of aliphatic imine (C=N–C) groups is 1. The first kappa shape index (κ1) is 15.1. The zero-order chi connectivity index (χ0) is 14.9. The Morgan fingerprint density at radius 1 is 1.40 bits per heavy atom. The summed E-state index contributed by atoms with van der Waals surface area (Å²) in [5, 5.41) is 0. The van der Waals surface area contributed by atoms with Gasteiger partial charge in [-0.1, -0.05) is 6.07 Å². The standard InChI is InChI=1S/C14H17F2NO2S/c1-14(2)7-19-13(17-14)8-5-6-9(12(15)16)11(20-4)10(8)18-3/h5-6,12H,7H2,1-4H3. The monoisotopic (exact) mass is 301 g/mol. The molecule has 6 heteroatoms. The lowest BCUT2D eigenvalue weighted by atomic mass is 10.1. The summed E-state index contributed by atoms with van der Waals surface area (Å²) in [6.45, 7) is 4.38. The minimum absolute atomic E-state index is 0.0315. The molecule has 0 bridgehead atoms. The van der Waals surface area contributed by atoms with Gasteiger partial charge in [-0.2, -0.15) is 0 Å². The van der Waals surface area contributed by atoms with Gasteiger partial charge in [0.1, 0.15) is 12.4 Å². The molecule has 0 spiro atoms. The number of hydrogen-bond acceptors (Lipinski definition) is 4. The van der Waals surface area contributed by atoms with Crippen molar-refractivity contribution in [3.63, 3.8) is 0 Å². The van der Waals surface area contributed by atoms with Gasteiger partial charge in [-0.25, -0.2) is 13.8 Å². The van der Waals surface area contributed by atoms with Gasteiger partial charge in [-0.05, 0) is 26.2 Å². The van der Waals surface area contributed by atoms with Gasteiger partial charge >= 0.3 is 0 Å². The van der Waals surface area contributed by atoms with Crippen LogP contribution in [0.25, 0.3) is 0 Å². The Morgan fingerprint density at radius 3 is 2.55 bits per heavy atom. The van der Waals surface area contributed by atoms with E-state index in [4.69, 9.17) is 9.47 Å². The Balaban J connectivity index is 2.56. The van der Waals surface area contributed by atoms with E-state index in [-0.39, 0.29) is 11.1 Å². The van der Waals surface area contributed by atoms with E-state index in [1.165, 1.54) is 24.9 Å². The first-order valence-corrected chi connectivity index (χ1v) is 7.38. The molecule has 0 amide bonds. The Kier molecular flexibility index (Phi) is 4.22. The molecule has 1 aliphatic heterocycles. The highest BCUT2D eigenvalue weighted by molar-refractivity contribution is 7.98. The second-order valence-electron chi connectivity index (χ2n) is 5.09. The molecule has 1 aromatic carbocycles. The summed E-state index contributed by atoms with van der Waals surface area (Å²) in [5.74, 6) is 0.842. The maximum absolute atomic E-state index is 13.0. The van der Waals surface area contributed by atoms with Crippen LogP contribution >= 0.6 is 11.8 Å². The third-order valence-electron chi connectivity index (χ3n) is 2.98. The van der Waals surface area contributed by atoms with Crippen LogP contribution in [0.3, 0.4) is 0 Å². The SMILES string of the molecule is COc1c(C2=NC(C)(C)CO2)ccc(C(F)F)c1SC. The number of halogens is 2. The Hall–Kier alpha value is -1.30. The summed E-state index contributed by atoms with van der Waals surface area (Å²) in [4.78, 5) is 4.89.